The predicted octanol–water partition coefficient (Wildman–Crippen LogP) is 3.43. The Bertz CT molecular complexity index is 745. The molecule has 2 aromatic rings. The molecule has 0 aromatic heterocycles. The van der Waals surface area contributed by atoms with E-state index in [0.29, 0.717) is 6.42 Å². The summed E-state index contributed by atoms with van der Waals surface area (Å²) in [5, 5.41) is 6.03. The monoisotopic (exact) mass is 370 g/mol. The molecule has 0 heterocycles. The van der Waals surface area contributed by atoms with Gasteiger partial charge in [-0.05, 0) is 42.5 Å². The molecule has 0 spiro atoms. The molecule has 4 nitrogen and oxygen atoms in total. The molecular formula is C22H27FN2O2. The van der Waals surface area contributed by atoms with Crippen molar-refractivity contribution in [3.63, 3.8) is 0 Å². The minimum Gasteiger partial charge on any atom is -0.345 e. The summed E-state index contributed by atoms with van der Waals surface area (Å²) in [6.07, 6.45) is 0.466. The summed E-state index contributed by atoms with van der Waals surface area (Å²) >= 11 is 0. The molecule has 0 saturated heterocycles. The fourth-order valence-corrected chi connectivity index (χ4v) is 3.00. The van der Waals surface area contributed by atoms with Crippen LogP contribution in [0.3, 0.4) is 0 Å². The van der Waals surface area contributed by atoms with Gasteiger partial charge >= 0.3 is 0 Å². The second-order valence-electron chi connectivity index (χ2n) is 7.07. The van der Waals surface area contributed by atoms with Crippen LogP contribution in [0.15, 0.2) is 54.6 Å². The number of halogens is 1. The largest absolute Gasteiger partial charge is 0.345 e. The first kappa shape index (κ1) is 20.8. The van der Waals surface area contributed by atoms with Gasteiger partial charge in [-0.15, -0.1) is 0 Å². The molecule has 1 amide bonds. The number of ketones is 1. The summed E-state index contributed by atoms with van der Waals surface area (Å²) in [4.78, 5) is 24.3. The van der Waals surface area contributed by atoms with Gasteiger partial charge in [0.05, 0.1) is 12.6 Å². The second-order valence-corrected chi connectivity index (χ2v) is 7.07. The van der Waals surface area contributed by atoms with Crippen molar-refractivity contribution < 1.29 is 14.0 Å². The fraction of sp³-hybridized carbons (Fsp3) is 0.364. The maximum atomic E-state index is 13.1. The number of amides is 1. The van der Waals surface area contributed by atoms with Gasteiger partial charge in [-0.2, -0.15) is 0 Å². The number of nitrogens with one attached hydrogen (secondary N) is 2. The van der Waals surface area contributed by atoms with E-state index in [1.807, 2.05) is 44.2 Å². The molecule has 2 aromatic carbocycles. The fourth-order valence-electron chi connectivity index (χ4n) is 3.00. The van der Waals surface area contributed by atoms with Crippen molar-refractivity contribution in [3.05, 3.63) is 71.5 Å². The van der Waals surface area contributed by atoms with Crippen LogP contribution < -0.4 is 10.6 Å². The van der Waals surface area contributed by atoms with Crippen molar-refractivity contribution in [3.8, 4) is 0 Å². The molecule has 0 saturated carbocycles. The minimum absolute atomic E-state index is 0.0776. The Balaban J connectivity index is 1.95. The highest BCUT2D eigenvalue weighted by atomic mass is 19.1. The number of hydrogen-bond acceptors (Lipinski definition) is 3. The van der Waals surface area contributed by atoms with E-state index in [4.69, 9.17) is 0 Å². The van der Waals surface area contributed by atoms with E-state index in [1.165, 1.54) is 19.1 Å². The number of carbonyl (C=O) groups excluding carboxylic acids is 2. The van der Waals surface area contributed by atoms with E-state index >= 15 is 0 Å². The maximum Gasteiger partial charge on any atom is 0.234 e. The van der Waals surface area contributed by atoms with Crippen LogP contribution in [0.1, 0.15) is 37.9 Å². The van der Waals surface area contributed by atoms with Crippen LogP contribution in [0.2, 0.25) is 0 Å². The van der Waals surface area contributed by atoms with E-state index in [0.717, 1.165) is 11.1 Å². The van der Waals surface area contributed by atoms with Crippen molar-refractivity contribution in [2.75, 3.05) is 6.54 Å². The first-order valence-corrected chi connectivity index (χ1v) is 9.19. The van der Waals surface area contributed by atoms with Crippen LogP contribution >= 0.6 is 0 Å². The van der Waals surface area contributed by atoms with Crippen LogP contribution in [-0.4, -0.2) is 24.3 Å². The highest BCUT2D eigenvalue weighted by Gasteiger charge is 2.20. The second kappa shape index (κ2) is 9.97. The van der Waals surface area contributed by atoms with E-state index in [9.17, 15) is 14.0 Å². The Morgan fingerprint density at radius 2 is 1.63 bits per heavy atom. The standard InChI is InChI=1S/C22H27FN2O2/c1-15(2)22(18-9-11-19(23)12-10-18)24-14-21(27)25-20(16(3)26)13-17-7-5-4-6-8-17/h4-12,15,20,22,24H,13-14H2,1-3H3,(H,25,27)/t20-,22-/m1/s1. The molecular weight excluding hydrogens is 343 g/mol. The quantitative estimate of drug-likeness (QED) is 0.711. The lowest BCUT2D eigenvalue weighted by Crippen LogP contribution is -2.45. The molecule has 0 bridgehead atoms. The number of Topliss-reactive ketones (excluding diaryl/α,β-unsaturated/α-hetero) is 1. The van der Waals surface area contributed by atoms with Crippen LogP contribution in [0.4, 0.5) is 4.39 Å². The molecule has 144 valence electrons. The van der Waals surface area contributed by atoms with Crippen LogP contribution in [0.5, 0.6) is 0 Å². The first-order valence-electron chi connectivity index (χ1n) is 9.19. The van der Waals surface area contributed by atoms with E-state index < -0.39 is 6.04 Å². The number of benzene rings is 2. The highest BCUT2D eigenvalue weighted by molar-refractivity contribution is 5.88. The Kier molecular flexibility index (Phi) is 7.67. The molecule has 2 N–H and O–H groups in total. The van der Waals surface area contributed by atoms with Crippen molar-refractivity contribution >= 4 is 11.7 Å². The number of hydrogen-bond donors (Lipinski definition) is 2. The molecule has 0 aliphatic rings. The summed E-state index contributed by atoms with van der Waals surface area (Å²) in [5.74, 6) is -0.384. The van der Waals surface area contributed by atoms with Gasteiger partial charge in [0.1, 0.15) is 5.82 Å². The SMILES string of the molecule is CC(=O)[C@@H](Cc1ccccc1)NC(=O)CN[C@@H](c1ccc(F)cc1)C(C)C. The Morgan fingerprint density at radius 1 is 1.00 bits per heavy atom. The van der Waals surface area contributed by atoms with Crippen molar-refractivity contribution in [1.29, 1.82) is 0 Å². The summed E-state index contributed by atoms with van der Waals surface area (Å²) in [6, 6.07) is 15.2. The number of carbonyl (C=O) groups is 2. The van der Waals surface area contributed by atoms with Gasteiger partial charge in [0, 0.05) is 6.04 Å². The van der Waals surface area contributed by atoms with E-state index in [-0.39, 0.29) is 36.0 Å². The van der Waals surface area contributed by atoms with Crippen LogP contribution in [0, 0.1) is 11.7 Å². The molecule has 0 unspecified atom stereocenters. The molecule has 0 fully saturated rings. The number of rotatable bonds is 9. The third kappa shape index (κ3) is 6.61. The summed E-state index contributed by atoms with van der Waals surface area (Å²) in [6.45, 7) is 5.63. The predicted molar refractivity (Wildman–Crippen MR) is 105 cm³/mol. The summed E-state index contributed by atoms with van der Waals surface area (Å²) in [5.41, 5.74) is 1.92. The zero-order chi connectivity index (χ0) is 19.8. The van der Waals surface area contributed by atoms with Crippen molar-refractivity contribution in [2.24, 2.45) is 5.92 Å². The average molecular weight is 370 g/mol. The molecule has 2 rings (SSSR count). The lowest BCUT2D eigenvalue weighted by molar-refractivity contribution is -0.126. The topological polar surface area (TPSA) is 58.2 Å². The minimum atomic E-state index is -0.551. The maximum absolute atomic E-state index is 13.1. The molecule has 0 aliphatic carbocycles. The van der Waals surface area contributed by atoms with E-state index in [1.54, 1.807) is 12.1 Å². The van der Waals surface area contributed by atoms with Crippen molar-refractivity contribution in [2.45, 2.75) is 39.3 Å². The smallest absolute Gasteiger partial charge is 0.234 e. The Morgan fingerprint density at radius 3 is 2.19 bits per heavy atom. The van der Waals surface area contributed by atoms with Gasteiger partial charge in [-0.3, -0.25) is 9.59 Å². The van der Waals surface area contributed by atoms with Crippen molar-refractivity contribution in [1.82, 2.24) is 10.6 Å². The zero-order valence-electron chi connectivity index (χ0n) is 16.0. The Hall–Kier alpha value is -2.53. The average Bonchev–Trinajstić information content (AvgIpc) is 2.63. The van der Waals surface area contributed by atoms with Gasteiger partial charge < -0.3 is 10.6 Å². The molecule has 0 radical (unpaired) electrons. The van der Waals surface area contributed by atoms with Gasteiger partial charge in [0.2, 0.25) is 5.91 Å². The van der Waals surface area contributed by atoms with Gasteiger partial charge in [0.25, 0.3) is 0 Å². The van der Waals surface area contributed by atoms with E-state index in [2.05, 4.69) is 10.6 Å². The van der Waals surface area contributed by atoms with Gasteiger partial charge in [-0.25, -0.2) is 4.39 Å². The van der Waals surface area contributed by atoms with Gasteiger partial charge in [0.15, 0.2) is 5.78 Å². The third-order valence-corrected chi connectivity index (χ3v) is 4.49. The lowest BCUT2D eigenvalue weighted by Gasteiger charge is -2.23. The summed E-state index contributed by atoms with van der Waals surface area (Å²) < 4.78 is 13.1. The Labute approximate surface area is 160 Å². The molecule has 2 atom stereocenters. The van der Waals surface area contributed by atoms with Crippen LogP contribution in [-0.2, 0) is 16.0 Å². The lowest BCUT2D eigenvalue weighted by atomic mass is 9.96. The molecule has 27 heavy (non-hydrogen) atoms. The normalized spacial score (nSPS) is 13.2. The van der Waals surface area contributed by atoms with Gasteiger partial charge in [-0.1, -0.05) is 56.3 Å². The third-order valence-electron chi connectivity index (χ3n) is 4.49. The summed E-state index contributed by atoms with van der Waals surface area (Å²) in [7, 11) is 0. The highest BCUT2D eigenvalue weighted by Crippen LogP contribution is 2.21. The zero-order valence-corrected chi connectivity index (χ0v) is 16.0. The molecule has 0 aliphatic heterocycles. The molecule has 5 heteroatoms. The van der Waals surface area contributed by atoms with Crippen LogP contribution in [0.25, 0.3) is 0 Å². The first-order chi connectivity index (χ1) is 12.9.